The van der Waals surface area contributed by atoms with E-state index in [4.69, 9.17) is 5.26 Å². The van der Waals surface area contributed by atoms with Crippen LogP contribution in [0.15, 0.2) is 35.2 Å². The van der Waals surface area contributed by atoms with Gasteiger partial charge in [0.2, 0.25) is 5.91 Å². The maximum atomic E-state index is 14.1. The summed E-state index contributed by atoms with van der Waals surface area (Å²) < 4.78 is 54.3. The third kappa shape index (κ3) is 2.79. The van der Waals surface area contributed by atoms with Gasteiger partial charge in [0.05, 0.1) is 22.8 Å². The highest BCUT2D eigenvalue weighted by Crippen LogP contribution is 2.49. The number of fused-ring (bicyclic) bond motifs is 1. The summed E-state index contributed by atoms with van der Waals surface area (Å²) in [6.07, 6.45) is -0.777. The molecule has 1 aromatic carbocycles. The van der Waals surface area contributed by atoms with Crippen LogP contribution >= 0.6 is 0 Å². The second-order valence-corrected chi connectivity index (χ2v) is 8.49. The van der Waals surface area contributed by atoms with E-state index >= 15 is 0 Å². The van der Waals surface area contributed by atoms with Crippen molar-refractivity contribution in [3.63, 3.8) is 0 Å². The maximum Gasteiger partial charge on any atom is 0.262 e. The number of alkyl halides is 2. The largest absolute Gasteiger partial charge is 0.341 e. The van der Waals surface area contributed by atoms with Crippen LogP contribution < -0.4 is 5.32 Å². The summed E-state index contributed by atoms with van der Waals surface area (Å²) in [6.45, 7) is -0.932. The number of rotatable bonds is 4. The molecule has 1 aromatic rings. The lowest BCUT2D eigenvalue weighted by Gasteiger charge is -2.34. The quantitative estimate of drug-likeness (QED) is 0.798. The van der Waals surface area contributed by atoms with Gasteiger partial charge in [-0.05, 0) is 18.6 Å². The third-order valence-electron chi connectivity index (χ3n) is 4.88. The van der Waals surface area contributed by atoms with Crippen LogP contribution in [0.2, 0.25) is 0 Å². The van der Waals surface area contributed by atoms with E-state index < -0.39 is 45.4 Å². The summed E-state index contributed by atoms with van der Waals surface area (Å²) in [6, 6.07) is 9.25. The van der Waals surface area contributed by atoms with Crippen LogP contribution in [0.4, 0.5) is 8.78 Å². The number of hydrogen-bond donors (Lipinski definition) is 1. The number of amides is 1. The molecule has 2 fully saturated rings. The van der Waals surface area contributed by atoms with Crippen LogP contribution in [0.3, 0.4) is 0 Å². The second-order valence-electron chi connectivity index (χ2n) is 6.35. The van der Waals surface area contributed by atoms with Crippen molar-refractivity contribution in [2.24, 2.45) is 0 Å². The van der Waals surface area contributed by atoms with Gasteiger partial charge in [0, 0.05) is 13.0 Å². The van der Waals surface area contributed by atoms with Crippen molar-refractivity contribution in [3.8, 4) is 6.07 Å². The Hall–Kier alpha value is -2.05. The molecule has 6 nitrogen and oxygen atoms in total. The van der Waals surface area contributed by atoms with Crippen molar-refractivity contribution in [3.05, 3.63) is 30.3 Å². The van der Waals surface area contributed by atoms with Gasteiger partial charge in [-0.15, -0.1) is 0 Å². The summed E-state index contributed by atoms with van der Waals surface area (Å²) in [7, 11) is -3.99. The first-order valence-electron chi connectivity index (χ1n) is 7.81. The zero-order valence-electron chi connectivity index (χ0n) is 13.3. The number of nitrogens with zero attached hydrogens (tertiary/aromatic N) is 2. The van der Waals surface area contributed by atoms with Crippen LogP contribution in [0, 0.1) is 11.3 Å². The number of halogens is 2. The molecule has 0 saturated carbocycles. The number of benzene rings is 1. The van der Waals surface area contributed by atoms with Gasteiger partial charge in [-0.25, -0.2) is 17.2 Å². The highest BCUT2D eigenvalue weighted by molar-refractivity contribution is 7.92. The number of carbonyl (C=O) groups is 1. The first kappa shape index (κ1) is 17.8. The molecule has 0 aliphatic carbocycles. The minimum Gasteiger partial charge on any atom is -0.341 e. The lowest BCUT2D eigenvalue weighted by molar-refractivity contribution is -0.130. The first-order chi connectivity index (χ1) is 11.7. The number of nitrogens with one attached hydrogen (secondary N) is 1. The van der Waals surface area contributed by atoms with Crippen molar-refractivity contribution in [1.82, 2.24) is 10.2 Å². The fourth-order valence-corrected chi connectivity index (χ4v) is 6.05. The minimum absolute atomic E-state index is 0.00419. The molecule has 1 amide bonds. The fourth-order valence-electron chi connectivity index (χ4n) is 3.92. The molecule has 2 saturated heterocycles. The van der Waals surface area contributed by atoms with Gasteiger partial charge in [0.15, 0.2) is 9.84 Å². The summed E-state index contributed by atoms with van der Waals surface area (Å²) in [5.41, 5.74) is -1.85. The summed E-state index contributed by atoms with van der Waals surface area (Å²) in [4.78, 5) is 13.9. The van der Waals surface area contributed by atoms with E-state index in [0.717, 1.165) is 0 Å². The second kappa shape index (κ2) is 6.04. The van der Waals surface area contributed by atoms with Gasteiger partial charge in [-0.1, -0.05) is 18.2 Å². The van der Waals surface area contributed by atoms with Crippen LogP contribution in [0.1, 0.15) is 12.8 Å². The fraction of sp³-hybridized carbons (Fsp3) is 0.500. The third-order valence-corrected chi connectivity index (χ3v) is 7.18. The SMILES string of the molecule is N#CCNC(=O)C12CC(F)(F)CN1CCC2S(=O)(=O)c1ccccc1. The van der Waals surface area contributed by atoms with Crippen molar-refractivity contribution in [1.29, 1.82) is 5.26 Å². The number of carbonyl (C=O) groups excluding carboxylic acids is 1. The average Bonchev–Trinajstić information content (AvgIpc) is 3.04. The molecule has 25 heavy (non-hydrogen) atoms. The van der Waals surface area contributed by atoms with Gasteiger partial charge >= 0.3 is 0 Å². The van der Waals surface area contributed by atoms with E-state index in [2.05, 4.69) is 5.32 Å². The van der Waals surface area contributed by atoms with E-state index in [1.165, 1.54) is 17.0 Å². The zero-order valence-corrected chi connectivity index (χ0v) is 14.1. The van der Waals surface area contributed by atoms with Crippen molar-refractivity contribution >= 4 is 15.7 Å². The molecule has 134 valence electrons. The van der Waals surface area contributed by atoms with Gasteiger partial charge in [-0.3, -0.25) is 9.69 Å². The molecule has 2 heterocycles. The van der Waals surface area contributed by atoms with E-state index in [1.54, 1.807) is 24.3 Å². The molecule has 0 spiro atoms. The Labute approximate surface area is 144 Å². The summed E-state index contributed by atoms with van der Waals surface area (Å²) in [5, 5.41) is 9.66. The van der Waals surface area contributed by atoms with Gasteiger partial charge in [-0.2, -0.15) is 5.26 Å². The molecule has 0 radical (unpaired) electrons. The van der Waals surface area contributed by atoms with Crippen LogP contribution in [0.25, 0.3) is 0 Å². The van der Waals surface area contributed by atoms with Gasteiger partial charge in [0.1, 0.15) is 12.1 Å². The van der Waals surface area contributed by atoms with Crippen molar-refractivity contribution < 1.29 is 22.0 Å². The summed E-state index contributed by atoms with van der Waals surface area (Å²) >= 11 is 0. The monoisotopic (exact) mass is 369 g/mol. The average molecular weight is 369 g/mol. The Kier molecular flexibility index (Phi) is 4.29. The first-order valence-corrected chi connectivity index (χ1v) is 9.36. The Morgan fingerprint density at radius 1 is 1.36 bits per heavy atom. The Bertz CT molecular complexity index is 823. The Balaban J connectivity index is 2.07. The standard InChI is InChI=1S/C16H17F2N3O3S/c17-15(18)10-16(14(22)20-8-7-19)13(6-9-21(16)11-15)25(23,24)12-4-2-1-3-5-12/h1-5,13H,6,8-11H2,(H,20,22). The molecule has 3 rings (SSSR count). The van der Waals surface area contributed by atoms with Crippen LogP contribution in [0.5, 0.6) is 0 Å². The van der Waals surface area contributed by atoms with E-state index in [9.17, 15) is 22.0 Å². The highest BCUT2D eigenvalue weighted by Gasteiger charge is 2.68. The molecule has 9 heteroatoms. The van der Waals surface area contributed by atoms with E-state index in [0.29, 0.717) is 0 Å². The van der Waals surface area contributed by atoms with E-state index in [1.807, 2.05) is 0 Å². The molecule has 2 aliphatic heterocycles. The normalized spacial score (nSPS) is 28.3. The molecule has 0 bridgehead atoms. The van der Waals surface area contributed by atoms with Crippen LogP contribution in [-0.2, 0) is 14.6 Å². The molecule has 2 aliphatic rings. The molecule has 1 N–H and O–H groups in total. The smallest absolute Gasteiger partial charge is 0.262 e. The maximum absolute atomic E-state index is 14.1. The number of sulfone groups is 1. The lowest BCUT2D eigenvalue weighted by Crippen LogP contribution is -2.59. The van der Waals surface area contributed by atoms with E-state index in [-0.39, 0.29) is 24.4 Å². The topological polar surface area (TPSA) is 90.3 Å². The van der Waals surface area contributed by atoms with Gasteiger partial charge < -0.3 is 5.32 Å². The molecular weight excluding hydrogens is 352 g/mol. The molecule has 0 aromatic heterocycles. The molecular formula is C16H17F2N3O3S. The number of nitriles is 1. The van der Waals surface area contributed by atoms with Crippen molar-refractivity contribution in [2.45, 2.75) is 34.4 Å². The zero-order chi connectivity index (χ0) is 18.3. The predicted molar refractivity (Wildman–Crippen MR) is 84.5 cm³/mol. The highest BCUT2D eigenvalue weighted by atomic mass is 32.2. The predicted octanol–water partition coefficient (Wildman–Crippen LogP) is 0.952. The molecule has 2 atom stereocenters. The van der Waals surface area contributed by atoms with Crippen LogP contribution in [-0.4, -0.2) is 55.6 Å². The molecule has 2 unspecified atom stereocenters. The Morgan fingerprint density at radius 2 is 2.04 bits per heavy atom. The minimum atomic E-state index is -3.99. The lowest BCUT2D eigenvalue weighted by atomic mass is 9.91. The Morgan fingerprint density at radius 3 is 2.68 bits per heavy atom. The number of hydrogen-bond acceptors (Lipinski definition) is 5. The summed E-state index contributed by atoms with van der Waals surface area (Å²) in [5.74, 6) is -3.98. The van der Waals surface area contributed by atoms with Gasteiger partial charge in [0.25, 0.3) is 5.92 Å². The van der Waals surface area contributed by atoms with Crippen molar-refractivity contribution in [2.75, 3.05) is 19.6 Å².